The Morgan fingerprint density at radius 2 is 1.74 bits per heavy atom. The van der Waals surface area contributed by atoms with Crippen LogP contribution in [-0.2, 0) is 6.54 Å². The fourth-order valence-electron chi connectivity index (χ4n) is 2.74. The summed E-state index contributed by atoms with van der Waals surface area (Å²) in [5, 5.41) is 6.02. The number of carbonyl (C=O) groups is 1. The monoisotopic (exact) mass is 362 g/mol. The number of rotatable bonds is 6. The van der Waals surface area contributed by atoms with E-state index in [-0.39, 0.29) is 5.91 Å². The number of hydrogen-bond donors (Lipinski definition) is 2. The number of ether oxygens (including phenoxy) is 1. The number of carbonyl (C=O) groups excluding carboxylic acids is 1. The summed E-state index contributed by atoms with van der Waals surface area (Å²) in [6.45, 7) is 4.54. The SMILES string of the molecule is COc1ccc(CNc2nccc(C(=O)Nc3cc(C)cc(C)c3)n2)cc1. The van der Waals surface area contributed by atoms with E-state index in [0.29, 0.717) is 18.2 Å². The maximum atomic E-state index is 12.5. The first-order chi connectivity index (χ1) is 13.0. The molecule has 0 saturated carbocycles. The molecule has 0 spiro atoms. The highest BCUT2D eigenvalue weighted by Gasteiger charge is 2.10. The standard InChI is InChI=1S/C21H22N4O2/c1-14-10-15(2)12-17(11-14)24-20(26)19-8-9-22-21(25-19)23-13-16-4-6-18(27-3)7-5-16/h4-12H,13H2,1-3H3,(H,24,26)(H,22,23,25). The van der Waals surface area contributed by atoms with Crippen molar-refractivity contribution in [3.63, 3.8) is 0 Å². The topological polar surface area (TPSA) is 76.1 Å². The average Bonchev–Trinajstić information content (AvgIpc) is 2.66. The lowest BCUT2D eigenvalue weighted by atomic mass is 10.1. The molecule has 1 amide bonds. The highest BCUT2D eigenvalue weighted by molar-refractivity contribution is 6.03. The second kappa shape index (κ2) is 8.31. The molecular weight excluding hydrogens is 340 g/mol. The molecule has 0 unspecified atom stereocenters. The van der Waals surface area contributed by atoms with Gasteiger partial charge in [-0.15, -0.1) is 0 Å². The van der Waals surface area contributed by atoms with Crippen molar-refractivity contribution >= 4 is 17.5 Å². The van der Waals surface area contributed by atoms with Crippen LogP contribution in [0.1, 0.15) is 27.2 Å². The van der Waals surface area contributed by atoms with Crippen molar-refractivity contribution in [2.24, 2.45) is 0 Å². The molecule has 3 aromatic rings. The minimum Gasteiger partial charge on any atom is -0.497 e. The van der Waals surface area contributed by atoms with E-state index in [9.17, 15) is 4.79 Å². The van der Waals surface area contributed by atoms with Crippen LogP contribution in [0, 0.1) is 13.8 Å². The Hall–Kier alpha value is -3.41. The molecule has 0 atom stereocenters. The van der Waals surface area contributed by atoms with Crippen LogP contribution in [0.15, 0.2) is 54.7 Å². The molecule has 0 saturated heterocycles. The number of nitrogens with zero attached hydrogens (tertiary/aromatic N) is 2. The van der Waals surface area contributed by atoms with E-state index in [4.69, 9.17) is 4.74 Å². The molecule has 2 aromatic carbocycles. The average molecular weight is 362 g/mol. The van der Waals surface area contributed by atoms with Crippen LogP contribution >= 0.6 is 0 Å². The molecule has 138 valence electrons. The van der Waals surface area contributed by atoms with E-state index in [0.717, 1.165) is 28.1 Å². The van der Waals surface area contributed by atoms with Gasteiger partial charge in [0.05, 0.1) is 7.11 Å². The third-order valence-corrected chi connectivity index (χ3v) is 3.98. The van der Waals surface area contributed by atoms with E-state index >= 15 is 0 Å². The number of anilines is 2. The highest BCUT2D eigenvalue weighted by atomic mass is 16.5. The lowest BCUT2D eigenvalue weighted by molar-refractivity contribution is 0.102. The van der Waals surface area contributed by atoms with Gasteiger partial charge in [-0.3, -0.25) is 4.79 Å². The Kier molecular flexibility index (Phi) is 5.66. The largest absolute Gasteiger partial charge is 0.497 e. The van der Waals surface area contributed by atoms with Gasteiger partial charge in [0.25, 0.3) is 5.91 Å². The molecule has 27 heavy (non-hydrogen) atoms. The first-order valence-electron chi connectivity index (χ1n) is 8.63. The number of hydrogen-bond acceptors (Lipinski definition) is 5. The molecule has 2 N–H and O–H groups in total. The van der Waals surface area contributed by atoms with E-state index in [2.05, 4.69) is 26.7 Å². The van der Waals surface area contributed by atoms with Gasteiger partial charge in [0, 0.05) is 18.4 Å². The van der Waals surface area contributed by atoms with Crippen molar-refractivity contribution in [3.05, 3.63) is 77.1 Å². The van der Waals surface area contributed by atoms with Crippen molar-refractivity contribution in [2.45, 2.75) is 20.4 Å². The zero-order valence-electron chi connectivity index (χ0n) is 15.6. The number of aryl methyl sites for hydroxylation is 2. The molecule has 0 radical (unpaired) electrons. The summed E-state index contributed by atoms with van der Waals surface area (Å²) in [6.07, 6.45) is 1.57. The summed E-state index contributed by atoms with van der Waals surface area (Å²) in [4.78, 5) is 21.0. The minimum atomic E-state index is -0.269. The van der Waals surface area contributed by atoms with Crippen LogP contribution in [0.5, 0.6) is 5.75 Å². The smallest absolute Gasteiger partial charge is 0.274 e. The summed E-state index contributed by atoms with van der Waals surface area (Å²) in [5.74, 6) is 0.939. The molecule has 0 fully saturated rings. The van der Waals surface area contributed by atoms with Crippen molar-refractivity contribution in [2.75, 3.05) is 17.7 Å². The zero-order chi connectivity index (χ0) is 19.2. The maximum absolute atomic E-state index is 12.5. The van der Waals surface area contributed by atoms with E-state index in [1.54, 1.807) is 19.4 Å². The van der Waals surface area contributed by atoms with Gasteiger partial charge in [-0.2, -0.15) is 0 Å². The Morgan fingerprint density at radius 3 is 2.41 bits per heavy atom. The molecule has 0 aliphatic rings. The second-order valence-electron chi connectivity index (χ2n) is 6.30. The molecule has 1 heterocycles. The third kappa shape index (κ3) is 5.04. The van der Waals surface area contributed by atoms with Crippen LogP contribution in [0.4, 0.5) is 11.6 Å². The van der Waals surface area contributed by atoms with Gasteiger partial charge in [0.15, 0.2) is 0 Å². The van der Waals surface area contributed by atoms with Gasteiger partial charge in [0.2, 0.25) is 5.95 Å². The van der Waals surface area contributed by atoms with Crippen molar-refractivity contribution < 1.29 is 9.53 Å². The second-order valence-corrected chi connectivity index (χ2v) is 6.30. The number of nitrogens with one attached hydrogen (secondary N) is 2. The van der Waals surface area contributed by atoms with Gasteiger partial charge in [-0.1, -0.05) is 18.2 Å². The number of aromatic nitrogens is 2. The Bertz CT molecular complexity index is 919. The summed E-state index contributed by atoms with van der Waals surface area (Å²) in [5.41, 5.74) is 4.31. The normalized spacial score (nSPS) is 10.3. The van der Waals surface area contributed by atoms with Crippen LogP contribution in [0.3, 0.4) is 0 Å². The molecule has 3 rings (SSSR count). The molecule has 0 bridgehead atoms. The molecule has 0 aliphatic heterocycles. The van der Waals surface area contributed by atoms with Crippen molar-refractivity contribution in [3.8, 4) is 5.75 Å². The zero-order valence-corrected chi connectivity index (χ0v) is 15.6. The lowest BCUT2D eigenvalue weighted by Gasteiger charge is -2.09. The summed E-state index contributed by atoms with van der Waals surface area (Å²) >= 11 is 0. The predicted molar refractivity (Wildman–Crippen MR) is 106 cm³/mol. The van der Waals surface area contributed by atoms with E-state index in [1.165, 1.54) is 0 Å². The Balaban J connectivity index is 1.66. The first kappa shape index (κ1) is 18.4. The highest BCUT2D eigenvalue weighted by Crippen LogP contribution is 2.15. The fourth-order valence-corrected chi connectivity index (χ4v) is 2.74. The molecular formula is C21H22N4O2. The quantitative estimate of drug-likeness (QED) is 0.694. The fraction of sp³-hybridized carbons (Fsp3) is 0.190. The molecule has 6 heteroatoms. The summed E-state index contributed by atoms with van der Waals surface area (Å²) in [6, 6.07) is 15.2. The Labute approximate surface area is 158 Å². The number of benzene rings is 2. The molecule has 0 aliphatic carbocycles. The van der Waals surface area contributed by atoms with Crippen LogP contribution < -0.4 is 15.4 Å². The maximum Gasteiger partial charge on any atom is 0.274 e. The number of amides is 1. The van der Waals surface area contributed by atoms with E-state index < -0.39 is 0 Å². The molecule has 6 nitrogen and oxygen atoms in total. The van der Waals surface area contributed by atoms with Crippen LogP contribution in [0.2, 0.25) is 0 Å². The van der Waals surface area contributed by atoms with Gasteiger partial charge >= 0.3 is 0 Å². The first-order valence-corrected chi connectivity index (χ1v) is 8.63. The van der Waals surface area contributed by atoms with Gasteiger partial charge < -0.3 is 15.4 Å². The van der Waals surface area contributed by atoms with Gasteiger partial charge in [-0.05, 0) is 60.9 Å². The lowest BCUT2D eigenvalue weighted by Crippen LogP contribution is -2.15. The van der Waals surface area contributed by atoms with Gasteiger partial charge in [-0.25, -0.2) is 9.97 Å². The summed E-state index contributed by atoms with van der Waals surface area (Å²) < 4.78 is 5.15. The minimum absolute atomic E-state index is 0.269. The van der Waals surface area contributed by atoms with Crippen molar-refractivity contribution in [1.82, 2.24) is 9.97 Å². The summed E-state index contributed by atoms with van der Waals surface area (Å²) in [7, 11) is 1.63. The van der Waals surface area contributed by atoms with Crippen LogP contribution in [0.25, 0.3) is 0 Å². The Morgan fingerprint density at radius 1 is 1.04 bits per heavy atom. The third-order valence-electron chi connectivity index (χ3n) is 3.98. The van der Waals surface area contributed by atoms with Gasteiger partial charge in [0.1, 0.15) is 11.4 Å². The van der Waals surface area contributed by atoms with Crippen LogP contribution in [-0.4, -0.2) is 23.0 Å². The van der Waals surface area contributed by atoms with Crippen molar-refractivity contribution in [1.29, 1.82) is 0 Å². The number of methoxy groups -OCH3 is 1. The van der Waals surface area contributed by atoms with E-state index in [1.807, 2.05) is 50.2 Å². The predicted octanol–water partition coefficient (Wildman–Crippen LogP) is 3.97. The molecule has 1 aromatic heterocycles.